The van der Waals surface area contributed by atoms with Crippen molar-refractivity contribution in [3.8, 4) is 0 Å². The molecular formula is C81H159N7O10S2. The number of aromatic nitrogens is 4. The topological polar surface area (TPSA) is 251 Å². The number of hydrogen-bond acceptors (Lipinski definition) is 15. The highest BCUT2D eigenvalue weighted by molar-refractivity contribution is 7.92. The van der Waals surface area contributed by atoms with Gasteiger partial charge in [-0.05, 0) is 170 Å². The number of ether oxygens (including phenoxy) is 1. The number of rotatable bonds is 14. The van der Waals surface area contributed by atoms with E-state index in [0.29, 0.717) is 72.8 Å². The fraction of sp³-hybridized carbons (Fsp3) is 0.840. The SMILES string of the molecule is CC(C)(C)CC(=O)CC(C)(C)C.CC(C)(C)CC(=O)c1cnc(CC(C)(C)C)nc1.CC(C)(C)CS(=O)(=O)C(C)(C)C.CC(C)(C)NC(=O)C(C)(C)C.CC(C)(C)NS(=O)(=O)C(C)(C)C.CC(C)CC(=O)C(C)(C)C.CC(C)Nc1cc(C(=O)CC(C)(C)C)ncn1.CC(C)OC(C)(C)C. The van der Waals surface area contributed by atoms with Gasteiger partial charge < -0.3 is 15.4 Å². The van der Waals surface area contributed by atoms with Gasteiger partial charge in [-0.25, -0.2) is 41.5 Å². The van der Waals surface area contributed by atoms with E-state index in [-0.39, 0.29) is 83.7 Å². The predicted molar refractivity (Wildman–Crippen MR) is 428 cm³/mol. The van der Waals surface area contributed by atoms with Crippen LogP contribution in [-0.4, -0.2) is 110 Å². The van der Waals surface area contributed by atoms with E-state index in [1.165, 1.54) is 6.33 Å². The second-order valence-electron chi connectivity index (χ2n) is 42.0. The Morgan fingerprint density at radius 3 is 1.07 bits per heavy atom. The average molecular weight is 1460 g/mol. The summed E-state index contributed by atoms with van der Waals surface area (Å²) in [5.41, 5.74) is 0.450. The minimum atomic E-state index is -3.21. The maximum atomic E-state index is 12.0. The van der Waals surface area contributed by atoms with Crippen molar-refractivity contribution in [3.05, 3.63) is 41.9 Å². The van der Waals surface area contributed by atoms with Crippen molar-refractivity contribution in [3.63, 3.8) is 0 Å². The van der Waals surface area contributed by atoms with Crippen LogP contribution in [0.3, 0.4) is 0 Å². The number of sulfonamides is 1. The van der Waals surface area contributed by atoms with Gasteiger partial charge >= 0.3 is 0 Å². The van der Waals surface area contributed by atoms with E-state index in [1.54, 1.807) is 60.0 Å². The molecule has 0 aliphatic heterocycles. The minimum Gasteiger partial charge on any atom is -0.373 e. The Hall–Kier alpha value is -4.07. The molecule has 0 aromatic carbocycles. The number of Topliss-reactive ketones (excluding diaryl/α,β-unsaturated/α-hetero) is 4. The Balaban J connectivity index is -0.000000256. The molecule has 0 radical (unpaired) electrons. The number of anilines is 1. The number of sulfone groups is 1. The Morgan fingerprint density at radius 2 is 0.850 bits per heavy atom. The summed E-state index contributed by atoms with van der Waals surface area (Å²) in [6.45, 7) is 89.0. The molecule has 0 saturated heterocycles. The summed E-state index contributed by atoms with van der Waals surface area (Å²) < 4.78 is 53.1. The summed E-state index contributed by atoms with van der Waals surface area (Å²) in [6.07, 6.45) is 9.03. The van der Waals surface area contributed by atoms with Gasteiger partial charge in [-0.2, -0.15) is 0 Å². The molecule has 17 nitrogen and oxygen atoms in total. The lowest BCUT2D eigenvalue weighted by Gasteiger charge is -2.27. The van der Waals surface area contributed by atoms with Crippen LogP contribution in [0.4, 0.5) is 5.82 Å². The number of carbonyl (C=O) groups is 5. The largest absolute Gasteiger partial charge is 0.373 e. The molecule has 0 saturated carbocycles. The lowest BCUT2D eigenvalue weighted by molar-refractivity contribution is -0.130. The van der Waals surface area contributed by atoms with Gasteiger partial charge in [-0.15, -0.1) is 0 Å². The quantitative estimate of drug-likeness (QED) is 0.149. The lowest BCUT2D eigenvalue weighted by atomic mass is 9.83. The second kappa shape index (κ2) is 42.2. The molecule has 2 rings (SSSR count). The molecule has 1 amide bonds. The summed E-state index contributed by atoms with van der Waals surface area (Å²) in [5, 5.41) is 6.08. The molecule has 2 heterocycles. The molecule has 2 aromatic heterocycles. The summed E-state index contributed by atoms with van der Waals surface area (Å²) in [7, 11) is -6.16. The zero-order valence-corrected chi connectivity index (χ0v) is 74.8. The lowest BCUT2D eigenvalue weighted by Crippen LogP contribution is -2.48. The Bertz CT molecular complexity index is 2860. The van der Waals surface area contributed by atoms with Crippen molar-refractivity contribution in [2.45, 2.75) is 388 Å². The van der Waals surface area contributed by atoms with Crippen LogP contribution < -0.4 is 15.4 Å². The fourth-order valence-electron chi connectivity index (χ4n) is 7.61. The van der Waals surface area contributed by atoms with Crippen molar-refractivity contribution in [2.24, 2.45) is 49.2 Å². The van der Waals surface area contributed by atoms with E-state index in [0.717, 1.165) is 12.2 Å². The maximum absolute atomic E-state index is 12.0. The van der Waals surface area contributed by atoms with Gasteiger partial charge in [0.05, 0.1) is 32.5 Å². The number of nitrogens with one attached hydrogen (secondary N) is 3. The van der Waals surface area contributed by atoms with Crippen LogP contribution in [0.5, 0.6) is 0 Å². The van der Waals surface area contributed by atoms with Gasteiger partial charge in [0.2, 0.25) is 15.9 Å². The highest BCUT2D eigenvalue weighted by atomic mass is 32.2. The van der Waals surface area contributed by atoms with Crippen LogP contribution in [0.2, 0.25) is 0 Å². The van der Waals surface area contributed by atoms with Gasteiger partial charge in [-0.3, -0.25) is 24.0 Å². The van der Waals surface area contributed by atoms with Crippen LogP contribution in [0, 0.1) is 49.2 Å². The van der Waals surface area contributed by atoms with Gasteiger partial charge in [0, 0.05) is 84.9 Å². The first-order valence-corrected chi connectivity index (χ1v) is 39.1. The van der Waals surface area contributed by atoms with E-state index in [4.69, 9.17) is 4.74 Å². The standard InChI is InChI=1S/C15H24N2O.C13H21N3O.C11H22O.C9H19NO.C9H20O2S.C9H18O.C8H19NO2S.C7H16O/c1-14(2,3)7-12(18)11-9-16-13(17-10-11)8-15(4,5)6;1-9(2)16-12-6-10(14-8-15-12)11(17)7-13(3,4)5;1-10(2,3)7-9(12)8-11(4,5)6;1-8(2,3)7(11)10-9(4,5)6;1-8(2,3)7-12(10,11)9(4,5)6;1-7(2)6-8(10)9(3,4)5;1-7(2,3)9-12(10,11)8(4,5)6;1-6(2)8-7(3,4)5/h9-10H,7-8H2,1-6H3;6,8-9H,7H2,1-5H3,(H,14,15,16);7-8H2,1-6H3;1-6H3,(H,10,11);7H2,1-6H3;7H,6H2,1-5H3;9H,1-6H3;6H,1-5H3. The zero-order chi connectivity index (χ0) is 81.9. The Morgan fingerprint density at radius 1 is 0.460 bits per heavy atom. The molecule has 590 valence electrons. The number of ketones is 4. The molecule has 0 unspecified atom stereocenters. The third-order valence-corrected chi connectivity index (χ3v) is 17.5. The second-order valence-corrected chi connectivity index (χ2v) is 47.1. The first-order chi connectivity index (χ1) is 43.2. The molecule has 3 N–H and O–H groups in total. The first-order valence-electron chi connectivity index (χ1n) is 36.0. The average Bonchev–Trinajstić information content (AvgIpc) is 0.829. The molecule has 0 bridgehead atoms. The number of nitrogens with zero attached hydrogens (tertiary/aromatic N) is 4. The summed E-state index contributed by atoms with van der Waals surface area (Å²) in [5.74, 6) is 3.27. The summed E-state index contributed by atoms with van der Waals surface area (Å²) >= 11 is 0. The van der Waals surface area contributed by atoms with Gasteiger partial charge in [0.15, 0.2) is 21.4 Å². The van der Waals surface area contributed by atoms with Crippen molar-refractivity contribution >= 4 is 54.7 Å². The minimum absolute atomic E-state index is 0.00116. The molecule has 19 heteroatoms. The van der Waals surface area contributed by atoms with Crippen LogP contribution >= 0.6 is 0 Å². The molecule has 2 aromatic rings. The monoisotopic (exact) mass is 1450 g/mol. The van der Waals surface area contributed by atoms with Crippen molar-refractivity contribution in [1.29, 1.82) is 0 Å². The van der Waals surface area contributed by atoms with Crippen molar-refractivity contribution in [1.82, 2.24) is 30.0 Å². The molecule has 100 heavy (non-hydrogen) atoms. The van der Waals surface area contributed by atoms with Crippen molar-refractivity contribution < 1.29 is 45.5 Å². The van der Waals surface area contributed by atoms with E-state index in [1.807, 2.05) is 152 Å². The zero-order valence-electron chi connectivity index (χ0n) is 73.2. The normalized spacial score (nSPS) is 13.0. The molecule has 0 atom stereocenters. The fourth-order valence-corrected chi connectivity index (χ4v) is 10.3. The van der Waals surface area contributed by atoms with Crippen LogP contribution in [-0.2, 0) is 45.4 Å². The smallest absolute Gasteiger partial charge is 0.225 e. The predicted octanol–water partition coefficient (Wildman–Crippen LogP) is 20.6. The highest BCUT2D eigenvalue weighted by Crippen LogP contribution is 2.28. The highest BCUT2D eigenvalue weighted by Gasteiger charge is 2.34. The molecule has 0 aliphatic carbocycles. The van der Waals surface area contributed by atoms with E-state index in [9.17, 15) is 40.8 Å². The number of carbonyl (C=O) groups excluding carboxylic acids is 5. The van der Waals surface area contributed by atoms with Crippen LogP contribution in [0.15, 0.2) is 24.8 Å². The summed E-state index contributed by atoms with van der Waals surface area (Å²) in [4.78, 5) is 74.8. The number of amides is 1. The van der Waals surface area contributed by atoms with E-state index < -0.39 is 34.9 Å². The molecule has 0 fully saturated rings. The van der Waals surface area contributed by atoms with Crippen LogP contribution in [0.25, 0.3) is 0 Å². The van der Waals surface area contributed by atoms with Gasteiger partial charge in [0.1, 0.15) is 35.2 Å². The number of hydrogen-bond donors (Lipinski definition) is 3. The summed E-state index contributed by atoms with van der Waals surface area (Å²) in [6, 6.07) is 2.00. The first kappa shape index (κ1) is 107. The third kappa shape index (κ3) is 68.4. The van der Waals surface area contributed by atoms with E-state index >= 15 is 0 Å². The molecule has 0 aliphatic rings. The molecular weight excluding hydrogens is 1300 g/mol. The molecule has 0 spiro atoms. The Kier molecular flexibility index (Phi) is 45.1. The van der Waals surface area contributed by atoms with Gasteiger partial charge in [0.25, 0.3) is 0 Å². The van der Waals surface area contributed by atoms with Crippen molar-refractivity contribution in [2.75, 3.05) is 11.1 Å². The Labute approximate surface area is 617 Å². The third-order valence-electron chi connectivity index (χ3n) is 11.9. The maximum Gasteiger partial charge on any atom is 0.225 e. The van der Waals surface area contributed by atoms with Gasteiger partial charge in [-0.1, -0.05) is 180 Å². The van der Waals surface area contributed by atoms with E-state index in [2.05, 4.69) is 153 Å². The van der Waals surface area contributed by atoms with Crippen LogP contribution in [0.1, 0.15) is 370 Å².